The van der Waals surface area contributed by atoms with Crippen molar-refractivity contribution in [1.29, 1.82) is 0 Å². The van der Waals surface area contributed by atoms with Crippen LogP contribution in [0, 0.1) is 0 Å². The van der Waals surface area contributed by atoms with Gasteiger partial charge < -0.3 is 10.6 Å². The number of thiocarbonyl (C=S) groups is 1. The Hall–Kier alpha value is -1.84. The SMILES string of the molecule is CCC(S)NC(=S)NC(=O)C(c1cc(C(F)(F)F)ccn1)c1ccccc1Cl. The number of rotatable bonds is 5. The topological polar surface area (TPSA) is 54.0 Å². The molecule has 1 aromatic carbocycles. The lowest BCUT2D eigenvalue weighted by molar-refractivity contribution is -0.137. The largest absolute Gasteiger partial charge is 0.416 e. The molecule has 1 amide bonds. The van der Waals surface area contributed by atoms with E-state index in [-0.39, 0.29) is 21.2 Å². The summed E-state index contributed by atoms with van der Waals surface area (Å²) >= 11 is 15.5. The summed E-state index contributed by atoms with van der Waals surface area (Å²) in [5, 5.41) is 5.23. The molecule has 2 aromatic rings. The molecule has 2 unspecified atom stereocenters. The third kappa shape index (κ3) is 5.83. The molecular weight excluding hydrogens is 431 g/mol. The molecule has 1 aromatic heterocycles. The summed E-state index contributed by atoms with van der Waals surface area (Å²) in [4.78, 5) is 16.9. The zero-order valence-corrected chi connectivity index (χ0v) is 17.1. The van der Waals surface area contributed by atoms with Crippen LogP contribution in [0.25, 0.3) is 0 Å². The number of hydrogen-bond acceptors (Lipinski definition) is 4. The number of nitrogens with zero attached hydrogens (tertiary/aromatic N) is 1. The van der Waals surface area contributed by atoms with Crippen LogP contribution in [-0.4, -0.2) is 21.4 Å². The zero-order chi connectivity index (χ0) is 20.9. The minimum atomic E-state index is -4.57. The van der Waals surface area contributed by atoms with Gasteiger partial charge in [-0.15, -0.1) is 0 Å². The third-order valence-electron chi connectivity index (χ3n) is 3.80. The molecule has 2 rings (SSSR count). The Balaban J connectivity index is 2.43. The molecular formula is C18H17ClF3N3OS2. The quantitative estimate of drug-likeness (QED) is 0.358. The molecule has 2 atom stereocenters. The summed E-state index contributed by atoms with van der Waals surface area (Å²) in [6.45, 7) is 1.87. The zero-order valence-electron chi connectivity index (χ0n) is 14.6. The smallest absolute Gasteiger partial charge is 0.351 e. The molecule has 0 aliphatic heterocycles. The molecule has 4 nitrogen and oxygen atoms in total. The predicted octanol–water partition coefficient (Wildman–Crippen LogP) is 4.54. The number of aromatic nitrogens is 1. The summed E-state index contributed by atoms with van der Waals surface area (Å²) in [5.41, 5.74) is -0.695. The molecule has 0 radical (unpaired) electrons. The number of nitrogens with one attached hydrogen (secondary N) is 2. The van der Waals surface area contributed by atoms with Crippen molar-refractivity contribution in [1.82, 2.24) is 15.6 Å². The van der Waals surface area contributed by atoms with E-state index in [0.29, 0.717) is 12.0 Å². The van der Waals surface area contributed by atoms with E-state index in [1.54, 1.807) is 24.3 Å². The second-order valence-electron chi connectivity index (χ2n) is 5.81. The van der Waals surface area contributed by atoms with Crippen molar-refractivity contribution in [2.75, 3.05) is 0 Å². The number of carbonyl (C=O) groups is 1. The van der Waals surface area contributed by atoms with E-state index in [2.05, 4.69) is 28.2 Å². The van der Waals surface area contributed by atoms with Gasteiger partial charge in [0.1, 0.15) is 5.92 Å². The van der Waals surface area contributed by atoms with Crippen molar-refractivity contribution in [3.8, 4) is 0 Å². The van der Waals surface area contributed by atoms with Gasteiger partial charge in [-0.3, -0.25) is 9.78 Å². The maximum atomic E-state index is 13.1. The van der Waals surface area contributed by atoms with Crippen molar-refractivity contribution in [3.05, 3.63) is 64.4 Å². The number of benzene rings is 1. The van der Waals surface area contributed by atoms with E-state index in [1.807, 2.05) is 6.92 Å². The fourth-order valence-electron chi connectivity index (χ4n) is 2.40. The molecule has 1 heterocycles. The van der Waals surface area contributed by atoms with Gasteiger partial charge >= 0.3 is 6.18 Å². The van der Waals surface area contributed by atoms with Crippen LogP contribution in [0.5, 0.6) is 0 Å². The third-order valence-corrected chi connectivity index (χ3v) is 4.86. The standard InChI is InChI=1S/C18H17ClF3N3OS2/c1-2-14(27)24-17(28)25-16(26)15(11-5-3-4-6-12(11)19)13-9-10(7-8-23-13)18(20,21)22/h3-9,14-15,27H,2H2,1H3,(H2,24,25,26,28). The Morgan fingerprint density at radius 2 is 2.00 bits per heavy atom. The molecule has 0 fully saturated rings. The van der Waals surface area contributed by atoms with Crippen LogP contribution in [0.2, 0.25) is 5.02 Å². The van der Waals surface area contributed by atoms with Crippen molar-refractivity contribution in [3.63, 3.8) is 0 Å². The van der Waals surface area contributed by atoms with Crippen molar-refractivity contribution in [2.24, 2.45) is 0 Å². The van der Waals surface area contributed by atoms with Gasteiger partial charge in [0.2, 0.25) is 5.91 Å². The minimum Gasteiger partial charge on any atom is -0.351 e. The van der Waals surface area contributed by atoms with Gasteiger partial charge in [-0.1, -0.05) is 36.7 Å². The van der Waals surface area contributed by atoms with Crippen LogP contribution in [0.3, 0.4) is 0 Å². The molecule has 0 aliphatic rings. The van der Waals surface area contributed by atoms with E-state index in [9.17, 15) is 18.0 Å². The van der Waals surface area contributed by atoms with Gasteiger partial charge in [0.15, 0.2) is 5.11 Å². The molecule has 0 spiro atoms. The Labute approximate surface area is 176 Å². The van der Waals surface area contributed by atoms with Gasteiger partial charge in [-0.2, -0.15) is 25.8 Å². The van der Waals surface area contributed by atoms with E-state index in [4.69, 9.17) is 23.8 Å². The van der Waals surface area contributed by atoms with Crippen LogP contribution < -0.4 is 10.6 Å². The highest BCUT2D eigenvalue weighted by atomic mass is 35.5. The average molecular weight is 448 g/mol. The Bertz CT molecular complexity index is 864. The normalized spacial score (nSPS) is 13.5. The molecule has 10 heteroatoms. The molecule has 150 valence electrons. The van der Waals surface area contributed by atoms with Gasteiger partial charge in [0.25, 0.3) is 0 Å². The summed E-state index contributed by atoms with van der Waals surface area (Å²) in [5.74, 6) is -1.84. The summed E-state index contributed by atoms with van der Waals surface area (Å²) < 4.78 is 39.3. The number of pyridine rings is 1. The first-order chi connectivity index (χ1) is 13.1. The fourth-order valence-corrected chi connectivity index (χ4v) is 3.10. The number of halogens is 4. The second kappa shape index (κ2) is 9.58. The molecule has 28 heavy (non-hydrogen) atoms. The van der Waals surface area contributed by atoms with Gasteiger partial charge in [0.05, 0.1) is 16.6 Å². The summed E-state index contributed by atoms with van der Waals surface area (Å²) in [6, 6.07) is 8.05. The van der Waals surface area contributed by atoms with Crippen LogP contribution >= 0.6 is 36.4 Å². The Morgan fingerprint density at radius 3 is 2.61 bits per heavy atom. The van der Waals surface area contributed by atoms with Crippen molar-refractivity contribution < 1.29 is 18.0 Å². The first-order valence-electron chi connectivity index (χ1n) is 8.20. The lowest BCUT2D eigenvalue weighted by atomic mass is 9.93. The summed E-state index contributed by atoms with van der Waals surface area (Å²) in [7, 11) is 0. The average Bonchev–Trinajstić information content (AvgIpc) is 2.63. The highest BCUT2D eigenvalue weighted by Gasteiger charge is 2.33. The molecule has 0 bridgehead atoms. The number of thiol groups is 1. The fraction of sp³-hybridized carbons (Fsp3) is 0.278. The van der Waals surface area contributed by atoms with Gasteiger partial charge in [0, 0.05) is 11.2 Å². The first-order valence-corrected chi connectivity index (χ1v) is 9.50. The number of alkyl halides is 3. The van der Waals surface area contributed by atoms with Crippen LogP contribution in [0.1, 0.15) is 36.1 Å². The molecule has 0 aliphatic carbocycles. The van der Waals surface area contributed by atoms with Crippen molar-refractivity contribution >= 4 is 47.5 Å². The van der Waals surface area contributed by atoms with Gasteiger partial charge in [-0.05, 0) is 42.4 Å². The maximum absolute atomic E-state index is 13.1. The number of carbonyl (C=O) groups excluding carboxylic acids is 1. The monoisotopic (exact) mass is 447 g/mol. The molecule has 2 N–H and O–H groups in total. The second-order valence-corrected chi connectivity index (χ2v) is 7.25. The Morgan fingerprint density at radius 1 is 1.32 bits per heavy atom. The number of hydrogen-bond donors (Lipinski definition) is 3. The maximum Gasteiger partial charge on any atom is 0.416 e. The lowest BCUT2D eigenvalue weighted by Gasteiger charge is -2.20. The van der Waals surface area contributed by atoms with E-state index in [0.717, 1.165) is 18.3 Å². The van der Waals surface area contributed by atoms with Crippen molar-refractivity contribution in [2.45, 2.75) is 30.8 Å². The molecule has 0 saturated carbocycles. The van der Waals surface area contributed by atoms with Crippen LogP contribution in [0.4, 0.5) is 13.2 Å². The van der Waals surface area contributed by atoms with Crippen LogP contribution in [-0.2, 0) is 11.0 Å². The highest BCUT2D eigenvalue weighted by molar-refractivity contribution is 7.81. The first kappa shape index (κ1) is 22.4. The number of amides is 1. The Kier molecular flexibility index (Phi) is 7.68. The highest BCUT2D eigenvalue weighted by Crippen LogP contribution is 2.34. The predicted molar refractivity (Wildman–Crippen MR) is 109 cm³/mol. The molecule has 0 saturated heterocycles. The van der Waals surface area contributed by atoms with E-state index >= 15 is 0 Å². The van der Waals surface area contributed by atoms with E-state index in [1.165, 1.54) is 0 Å². The van der Waals surface area contributed by atoms with E-state index < -0.39 is 23.6 Å². The summed E-state index contributed by atoms with van der Waals surface area (Å²) in [6.07, 6.45) is -2.93. The van der Waals surface area contributed by atoms with Gasteiger partial charge in [-0.25, -0.2) is 0 Å². The minimum absolute atomic E-state index is 0.0101. The lowest BCUT2D eigenvalue weighted by Crippen LogP contribution is -2.44. The van der Waals surface area contributed by atoms with Crippen LogP contribution in [0.15, 0.2) is 42.6 Å².